The van der Waals surface area contributed by atoms with Gasteiger partial charge in [0, 0.05) is 18.2 Å². The molecule has 1 fully saturated rings. The first-order valence-electron chi connectivity index (χ1n) is 6.85. The van der Waals surface area contributed by atoms with Crippen LogP contribution >= 0.6 is 0 Å². The van der Waals surface area contributed by atoms with Crippen LogP contribution in [-0.2, 0) is 16.0 Å². The second-order valence-corrected chi connectivity index (χ2v) is 5.41. The molecule has 4 nitrogen and oxygen atoms in total. The van der Waals surface area contributed by atoms with E-state index in [1.54, 1.807) is 0 Å². The summed E-state index contributed by atoms with van der Waals surface area (Å²) in [4.78, 5) is 24.6. The third-order valence-corrected chi connectivity index (χ3v) is 3.57. The fourth-order valence-electron chi connectivity index (χ4n) is 2.16. The van der Waals surface area contributed by atoms with Crippen molar-refractivity contribution in [2.24, 2.45) is 5.92 Å². The summed E-state index contributed by atoms with van der Waals surface area (Å²) in [6.07, 6.45) is 1.39. The molecule has 0 radical (unpaired) electrons. The lowest BCUT2D eigenvalue weighted by Crippen LogP contribution is -2.39. The molecule has 0 heterocycles. The molecular weight excluding hydrogens is 280 g/mol. The van der Waals surface area contributed by atoms with E-state index in [1.807, 2.05) is 0 Å². The monoisotopic (exact) mass is 297 g/mol. The summed E-state index contributed by atoms with van der Waals surface area (Å²) in [7, 11) is 0. The molecule has 0 bridgehead atoms. The second-order valence-electron chi connectivity index (χ2n) is 5.41. The van der Waals surface area contributed by atoms with Gasteiger partial charge in [0.05, 0.1) is 12.3 Å². The maximum atomic E-state index is 13.6. The molecule has 0 spiro atoms. The van der Waals surface area contributed by atoms with Crippen molar-refractivity contribution in [3.05, 3.63) is 35.4 Å². The van der Waals surface area contributed by atoms with Crippen molar-refractivity contribution in [2.45, 2.75) is 32.2 Å². The summed E-state index contributed by atoms with van der Waals surface area (Å²) in [6.45, 7) is 1.61. The first-order valence-corrected chi connectivity index (χ1v) is 6.85. The van der Waals surface area contributed by atoms with Crippen molar-refractivity contribution in [3.63, 3.8) is 0 Å². The average Bonchev–Trinajstić information content (AvgIpc) is 3.25. The molecule has 0 aromatic heterocycles. The van der Waals surface area contributed by atoms with Gasteiger partial charge in [0.25, 0.3) is 0 Å². The van der Waals surface area contributed by atoms with Gasteiger partial charge in [0.1, 0.15) is 0 Å². The van der Waals surface area contributed by atoms with Crippen LogP contribution in [-0.4, -0.2) is 34.5 Å². The van der Waals surface area contributed by atoms with E-state index >= 15 is 0 Å². The van der Waals surface area contributed by atoms with E-state index in [1.165, 1.54) is 24.0 Å². The Balaban J connectivity index is 2.08. The van der Waals surface area contributed by atoms with Crippen molar-refractivity contribution in [1.29, 1.82) is 0 Å². The molecule has 0 saturated heterocycles. The summed E-state index contributed by atoms with van der Waals surface area (Å²) in [5.41, 5.74) is -0.00590. The predicted octanol–water partition coefficient (Wildman–Crippen LogP) is 2.22. The van der Waals surface area contributed by atoms with Crippen molar-refractivity contribution >= 4 is 11.9 Å². The van der Waals surface area contributed by atoms with Crippen LogP contribution in [0, 0.1) is 17.6 Å². The molecule has 1 N–H and O–H groups in total. The van der Waals surface area contributed by atoms with Gasteiger partial charge in [0.15, 0.2) is 11.6 Å². The lowest BCUT2D eigenvalue weighted by molar-refractivity contribution is -0.143. The number of halogens is 2. The van der Waals surface area contributed by atoms with E-state index in [2.05, 4.69) is 0 Å². The molecule has 1 aromatic rings. The molecule has 1 amide bonds. The highest BCUT2D eigenvalue weighted by Gasteiger charge is 2.34. The Hall–Kier alpha value is -1.98. The largest absolute Gasteiger partial charge is 0.481 e. The number of nitrogens with zero attached hydrogens (tertiary/aromatic N) is 1. The van der Waals surface area contributed by atoms with Crippen LogP contribution < -0.4 is 0 Å². The van der Waals surface area contributed by atoms with E-state index in [-0.39, 0.29) is 30.5 Å². The maximum absolute atomic E-state index is 13.6. The molecule has 1 unspecified atom stereocenters. The minimum absolute atomic E-state index is 0.00590. The minimum Gasteiger partial charge on any atom is -0.481 e. The van der Waals surface area contributed by atoms with Crippen LogP contribution in [0.1, 0.15) is 25.3 Å². The molecule has 1 aliphatic rings. The van der Waals surface area contributed by atoms with E-state index in [4.69, 9.17) is 5.11 Å². The lowest BCUT2D eigenvalue weighted by atomic mass is 10.1. The Morgan fingerprint density at radius 1 is 1.38 bits per heavy atom. The van der Waals surface area contributed by atoms with Crippen LogP contribution in [0.2, 0.25) is 0 Å². The highest BCUT2D eigenvalue weighted by Crippen LogP contribution is 2.28. The van der Waals surface area contributed by atoms with E-state index in [0.717, 1.165) is 18.9 Å². The zero-order valence-corrected chi connectivity index (χ0v) is 11.7. The Kier molecular flexibility index (Phi) is 4.55. The standard InChI is InChI=1S/C15H17F2NO3/c1-9(15(20)21)8-18(11-5-6-11)13(19)7-10-3-2-4-12(16)14(10)17/h2-4,9,11H,5-8H2,1H3,(H,20,21). The number of hydrogen-bond donors (Lipinski definition) is 1. The first kappa shape index (κ1) is 15.4. The number of benzene rings is 1. The van der Waals surface area contributed by atoms with Gasteiger partial charge in [-0.25, -0.2) is 8.78 Å². The van der Waals surface area contributed by atoms with Crippen LogP contribution in [0.25, 0.3) is 0 Å². The lowest BCUT2D eigenvalue weighted by Gasteiger charge is -2.24. The zero-order valence-electron chi connectivity index (χ0n) is 11.7. The number of carboxylic acid groups (broad SMARTS) is 1. The SMILES string of the molecule is CC(CN(C(=O)Cc1cccc(F)c1F)C1CC1)C(=O)O. The van der Waals surface area contributed by atoms with Crippen LogP contribution in [0.5, 0.6) is 0 Å². The second kappa shape index (κ2) is 6.20. The quantitative estimate of drug-likeness (QED) is 0.876. The molecule has 1 aliphatic carbocycles. The summed E-state index contributed by atoms with van der Waals surface area (Å²) < 4.78 is 26.7. The van der Waals surface area contributed by atoms with Crippen LogP contribution in [0.4, 0.5) is 8.78 Å². The number of carboxylic acids is 1. The Labute approximate surface area is 121 Å². The molecule has 114 valence electrons. The van der Waals surface area contributed by atoms with Crippen molar-refractivity contribution in [3.8, 4) is 0 Å². The fraction of sp³-hybridized carbons (Fsp3) is 0.467. The number of amides is 1. The molecule has 0 aliphatic heterocycles. The highest BCUT2D eigenvalue weighted by atomic mass is 19.2. The summed E-state index contributed by atoms with van der Waals surface area (Å²) >= 11 is 0. The van der Waals surface area contributed by atoms with Crippen LogP contribution in [0.3, 0.4) is 0 Å². The van der Waals surface area contributed by atoms with Gasteiger partial charge in [-0.15, -0.1) is 0 Å². The normalized spacial score (nSPS) is 15.6. The third-order valence-electron chi connectivity index (χ3n) is 3.57. The first-order chi connectivity index (χ1) is 9.90. The molecule has 2 rings (SSSR count). The topological polar surface area (TPSA) is 57.6 Å². The smallest absolute Gasteiger partial charge is 0.308 e. The summed E-state index contributed by atoms with van der Waals surface area (Å²) in [6, 6.07) is 3.73. The van der Waals surface area contributed by atoms with Gasteiger partial charge in [-0.3, -0.25) is 9.59 Å². The van der Waals surface area contributed by atoms with Crippen molar-refractivity contribution < 1.29 is 23.5 Å². The van der Waals surface area contributed by atoms with Gasteiger partial charge in [-0.2, -0.15) is 0 Å². The van der Waals surface area contributed by atoms with Gasteiger partial charge < -0.3 is 10.0 Å². The number of carbonyl (C=O) groups excluding carboxylic acids is 1. The van der Waals surface area contributed by atoms with Gasteiger partial charge in [-0.1, -0.05) is 19.1 Å². The zero-order chi connectivity index (χ0) is 15.6. The van der Waals surface area contributed by atoms with Gasteiger partial charge in [-0.05, 0) is 18.9 Å². The third kappa shape index (κ3) is 3.77. The number of hydrogen-bond acceptors (Lipinski definition) is 2. The van der Waals surface area contributed by atoms with Crippen LogP contribution in [0.15, 0.2) is 18.2 Å². The molecular formula is C15H17F2NO3. The summed E-state index contributed by atoms with van der Waals surface area (Å²) in [5.74, 6) is -4.04. The summed E-state index contributed by atoms with van der Waals surface area (Å²) in [5, 5.41) is 8.94. The molecule has 6 heteroatoms. The number of aliphatic carboxylic acids is 1. The predicted molar refractivity (Wildman–Crippen MR) is 71.6 cm³/mol. The Morgan fingerprint density at radius 3 is 2.62 bits per heavy atom. The highest BCUT2D eigenvalue weighted by molar-refractivity contribution is 5.80. The fourth-order valence-corrected chi connectivity index (χ4v) is 2.16. The Morgan fingerprint density at radius 2 is 2.05 bits per heavy atom. The molecule has 1 aromatic carbocycles. The van der Waals surface area contributed by atoms with Crippen molar-refractivity contribution in [2.75, 3.05) is 6.54 Å². The van der Waals surface area contributed by atoms with E-state index < -0.39 is 23.5 Å². The number of carbonyl (C=O) groups is 2. The minimum atomic E-state index is -1.02. The molecule has 1 saturated carbocycles. The number of rotatable bonds is 6. The van der Waals surface area contributed by atoms with Gasteiger partial charge >= 0.3 is 5.97 Å². The van der Waals surface area contributed by atoms with Gasteiger partial charge in [0.2, 0.25) is 5.91 Å². The Bertz CT molecular complexity index is 558. The van der Waals surface area contributed by atoms with E-state index in [9.17, 15) is 18.4 Å². The molecule has 21 heavy (non-hydrogen) atoms. The average molecular weight is 297 g/mol. The molecule has 1 atom stereocenters. The van der Waals surface area contributed by atoms with E-state index in [0.29, 0.717) is 0 Å². The maximum Gasteiger partial charge on any atom is 0.308 e. The van der Waals surface area contributed by atoms with Crippen molar-refractivity contribution in [1.82, 2.24) is 4.90 Å².